The molecule has 2 aromatic rings. The molecule has 0 fully saturated rings. The summed E-state index contributed by atoms with van der Waals surface area (Å²) >= 11 is 0. The fourth-order valence-electron chi connectivity index (χ4n) is 2.29. The fraction of sp³-hybridized carbons (Fsp3) is 0.250. The van der Waals surface area contributed by atoms with Crippen molar-refractivity contribution in [3.05, 3.63) is 65.7 Å². The minimum absolute atomic E-state index is 0.0493. The summed E-state index contributed by atoms with van der Waals surface area (Å²) in [6.45, 7) is 3.08. The van der Waals surface area contributed by atoms with Gasteiger partial charge in [0.15, 0.2) is 11.5 Å². The SMILES string of the molecule is CCOc1ccc(/C=C/C(=O)N(C)Cc2ccccc2)cc1OC. The molecule has 0 saturated carbocycles. The van der Waals surface area contributed by atoms with Crippen molar-refractivity contribution >= 4 is 12.0 Å². The second kappa shape index (κ2) is 8.77. The van der Waals surface area contributed by atoms with Crippen LogP contribution in [0, 0.1) is 0 Å². The lowest BCUT2D eigenvalue weighted by Crippen LogP contribution is -2.24. The summed E-state index contributed by atoms with van der Waals surface area (Å²) in [6, 6.07) is 15.5. The van der Waals surface area contributed by atoms with Gasteiger partial charge in [0.2, 0.25) is 5.91 Å². The average Bonchev–Trinajstić information content (AvgIpc) is 2.61. The van der Waals surface area contributed by atoms with Crippen LogP contribution in [-0.2, 0) is 11.3 Å². The van der Waals surface area contributed by atoms with Gasteiger partial charge in [-0.25, -0.2) is 0 Å². The van der Waals surface area contributed by atoms with Gasteiger partial charge in [-0.3, -0.25) is 4.79 Å². The summed E-state index contributed by atoms with van der Waals surface area (Å²) < 4.78 is 10.8. The van der Waals surface area contributed by atoms with E-state index in [1.807, 2.05) is 55.5 Å². The highest BCUT2D eigenvalue weighted by atomic mass is 16.5. The van der Waals surface area contributed by atoms with Crippen LogP contribution in [0.25, 0.3) is 6.08 Å². The van der Waals surface area contributed by atoms with Crippen LogP contribution in [0.2, 0.25) is 0 Å². The van der Waals surface area contributed by atoms with Gasteiger partial charge in [-0.2, -0.15) is 0 Å². The molecule has 4 nitrogen and oxygen atoms in total. The first-order chi connectivity index (χ1) is 11.6. The Morgan fingerprint density at radius 3 is 2.54 bits per heavy atom. The highest BCUT2D eigenvalue weighted by Gasteiger charge is 2.07. The number of likely N-dealkylation sites (N-methyl/N-ethyl adjacent to an activating group) is 1. The number of ether oxygens (including phenoxy) is 2. The summed E-state index contributed by atoms with van der Waals surface area (Å²) in [5.41, 5.74) is 1.99. The summed E-state index contributed by atoms with van der Waals surface area (Å²) in [5.74, 6) is 1.31. The van der Waals surface area contributed by atoms with E-state index in [2.05, 4.69) is 0 Å². The molecule has 0 saturated heterocycles. The minimum Gasteiger partial charge on any atom is -0.493 e. The third-order valence-corrected chi connectivity index (χ3v) is 3.54. The molecule has 4 heteroatoms. The van der Waals surface area contributed by atoms with Crippen LogP contribution in [0.1, 0.15) is 18.1 Å². The lowest BCUT2D eigenvalue weighted by atomic mass is 10.1. The largest absolute Gasteiger partial charge is 0.493 e. The van der Waals surface area contributed by atoms with Crippen LogP contribution in [0.5, 0.6) is 11.5 Å². The number of methoxy groups -OCH3 is 1. The molecule has 0 radical (unpaired) electrons. The molecule has 0 unspecified atom stereocenters. The Kier molecular flexibility index (Phi) is 6.43. The summed E-state index contributed by atoms with van der Waals surface area (Å²) in [5, 5.41) is 0. The Bertz CT molecular complexity index is 695. The number of amides is 1. The van der Waals surface area contributed by atoms with Crippen molar-refractivity contribution in [3.63, 3.8) is 0 Å². The van der Waals surface area contributed by atoms with E-state index in [0.29, 0.717) is 24.7 Å². The van der Waals surface area contributed by atoms with Gasteiger partial charge in [-0.1, -0.05) is 36.4 Å². The molecule has 0 spiro atoms. The van der Waals surface area contributed by atoms with Crippen LogP contribution in [0.3, 0.4) is 0 Å². The van der Waals surface area contributed by atoms with Crippen LogP contribution in [0.4, 0.5) is 0 Å². The topological polar surface area (TPSA) is 38.8 Å². The van der Waals surface area contributed by atoms with Gasteiger partial charge in [0.25, 0.3) is 0 Å². The van der Waals surface area contributed by atoms with Gasteiger partial charge in [0, 0.05) is 19.7 Å². The van der Waals surface area contributed by atoms with Crippen LogP contribution in [0.15, 0.2) is 54.6 Å². The number of benzene rings is 2. The molecule has 1 amide bonds. The second-order valence-corrected chi connectivity index (χ2v) is 5.36. The maximum atomic E-state index is 12.2. The maximum absolute atomic E-state index is 12.2. The lowest BCUT2D eigenvalue weighted by Gasteiger charge is -2.15. The summed E-state index contributed by atoms with van der Waals surface area (Å²) in [6.07, 6.45) is 3.35. The highest BCUT2D eigenvalue weighted by Crippen LogP contribution is 2.28. The van der Waals surface area contributed by atoms with E-state index < -0.39 is 0 Å². The van der Waals surface area contributed by atoms with E-state index in [1.165, 1.54) is 0 Å². The van der Waals surface area contributed by atoms with E-state index in [1.54, 1.807) is 31.2 Å². The van der Waals surface area contributed by atoms with Crippen LogP contribution in [-0.4, -0.2) is 31.6 Å². The van der Waals surface area contributed by atoms with E-state index in [-0.39, 0.29) is 5.91 Å². The minimum atomic E-state index is -0.0493. The van der Waals surface area contributed by atoms with Crippen molar-refractivity contribution < 1.29 is 14.3 Å². The number of hydrogen-bond acceptors (Lipinski definition) is 3. The lowest BCUT2D eigenvalue weighted by molar-refractivity contribution is -0.125. The Morgan fingerprint density at radius 1 is 1.12 bits per heavy atom. The molecule has 0 N–H and O–H groups in total. The van der Waals surface area contributed by atoms with E-state index in [9.17, 15) is 4.79 Å². The molecule has 24 heavy (non-hydrogen) atoms. The Balaban J connectivity index is 2.02. The first-order valence-corrected chi connectivity index (χ1v) is 7.92. The standard InChI is InChI=1S/C20H23NO3/c1-4-24-18-12-10-16(14-19(18)23-3)11-13-20(22)21(2)15-17-8-6-5-7-9-17/h5-14H,4,15H2,1-3H3/b13-11+. The average molecular weight is 325 g/mol. The molecule has 2 aromatic carbocycles. The number of carbonyl (C=O) groups is 1. The van der Waals surface area contributed by atoms with E-state index in [4.69, 9.17) is 9.47 Å². The van der Waals surface area contributed by atoms with Crippen molar-refractivity contribution in [2.24, 2.45) is 0 Å². The van der Waals surface area contributed by atoms with Gasteiger partial charge < -0.3 is 14.4 Å². The Hall–Kier alpha value is -2.75. The van der Waals surface area contributed by atoms with Crippen molar-refractivity contribution in [3.8, 4) is 11.5 Å². The van der Waals surface area contributed by atoms with Gasteiger partial charge in [0.05, 0.1) is 13.7 Å². The molecule has 0 aliphatic rings. The quantitative estimate of drug-likeness (QED) is 0.728. The molecule has 0 aliphatic heterocycles. The van der Waals surface area contributed by atoms with Crippen LogP contribution < -0.4 is 9.47 Å². The molecule has 0 heterocycles. The summed E-state index contributed by atoms with van der Waals surface area (Å²) in [7, 11) is 3.39. The first-order valence-electron chi connectivity index (χ1n) is 7.92. The monoisotopic (exact) mass is 325 g/mol. The van der Waals surface area contributed by atoms with Gasteiger partial charge >= 0.3 is 0 Å². The molecular formula is C20H23NO3. The zero-order valence-corrected chi connectivity index (χ0v) is 14.4. The number of rotatable bonds is 7. The first kappa shape index (κ1) is 17.6. The highest BCUT2D eigenvalue weighted by molar-refractivity contribution is 5.91. The normalized spacial score (nSPS) is 10.6. The van der Waals surface area contributed by atoms with Crippen molar-refractivity contribution in [1.29, 1.82) is 0 Å². The maximum Gasteiger partial charge on any atom is 0.246 e. The third-order valence-electron chi connectivity index (χ3n) is 3.54. The fourth-order valence-corrected chi connectivity index (χ4v) is 2.29. The Morgan fingerprint density at radius 2 is 1.88 bits per heavy atom. The van der Waals surface area contributed by atoms with E-state index >= 15 is 0 Å². The smallest absolute Gasteiger partial charge is 0.246 e. The van der Waals surface area contributed by atoms with E-state index in [0.717, 1.165) is 11.1 Å². The predicted molar refractivity (Wildman–Crippen MR) is 96.1 cm³/mol. The molecule has 0 bridgehead atoms. The predicted octanol–water partition coefficient (Wildman–Crippen LogP) is 3.77. The molecular weight excluding hydrogens is 302 g/mol. The van der Waals surface area contributed by atoms with Crippen LogP contribution >= 0.6 is 0 Å². The molecule has 0 atom stereocenters. The third kappa shape index (κ3) is 4.88. The zero-order chi connectivity index (χ0) is 17.4. The number of carbonyl (C=O) groups excluding carboxylic acids is 1. The van der Waals surface area contributed by atoms with Crippen molar-refractivity contribution in [2.45, 2.75) is 13.5 Å². The van der Waals surface area contributed by atoms with Gasteiger partial charge in [0.1, 0.15) is 0 Å². The number of nitrogens with zero attached hydrogens (tertiary/aromatic N) is 1. The van der Waals surface area contributed by atoms with Crippen molar-refractivity contribution in [2.75, 3.05) is 20.8 Å². The molecule has 126 valence electrons. The molecule has 0 aromatic heterocycles. The van der Waals surface area contributed by atoms with Gasteiger partial charge in [-0.15, -0.1) is 0 Å². The summed E-state index contributed by atoms with van der Waals surface area (Å²) in [4.78, 5) is 13.9. The molecule has 2 rings (SSSR count). The molecule has 0 aliphatic carbocycles. The van der Waals surface area contributed by atoms with Crippen molar-refractivity contribution in [1.82, 2.24) is 4.90 Å². The Labute approximate surface area is 143 Å². The number of hydrogen-bond donors (Lipinski definition) is 0. The van der Waals surface area contributed by atoms with Gasteiger partial charge in [-0.05, 0) is 36.3 Å². The second-order valence-electron chi connectivity index (χ2n) is 5.36. The zero-order valence-electron chi connectivity index (χ0n) is 14.4.